The number of carboxylic acids is 1. The third-order valence-corrected chi connectivity index (χ3v) is 5.59. The van der Waals surface area contributed by atoms with Crippen molar-refractivity contribution >= 4 is 23.5 Å². The summed E-state index contributed by atoms with van der Waals surface area (Å²) in [6.45, 7) is 0.884. The van der Waals surface area contributed by atoms with E-state index in [0.717, 1.165) is 37.7 Å². The van der Waals surface area contributed by atoms with E-state index in [4.69, 9.17) is 11.6 Å². The lowest BCUT2D eigenvalue weighted by molar-refractivity contribution is -0.142. The van der Waals surface area contributed by atoms with Crippen molar-refractivity contribution in [1.82, 2.24) is 4.90 Å². The van der Waals surface area contributed by atoms with Crippen LogP contribution in [0.3, 0.4) is 0 Å². The molecule has 23 heavy (non-hydrogen) atoms. The number of carbonyl (C=O) groups excluding carboxylic acids is 1. The third-order valence-electron chi connectivity index (χ3n) is 5.34. The molecule has 1 unspecified atom stereocenters. The lowest BCUT2D eigenvalue weighted by Gasteiger charge is -2.39. The van der Waals surface area contributed by atoms with E-state index in [9.17, 15) is 14.7 Å². The Bertz CT molecular complexity index is 593. The topological polar surface area (TPSA) is 57.6 Å². The number of rotatable bonds is 3. The largest absolute Gasteiger partial charge is 0.481 e. The van der Waals surface area contributed by atoms with Gasteiger partial charge in [-0.05, 0) is 37.0 Å². The Morgan fingerprint density at radius 1 is 1.13 bits per heavy atom. The SMILES string of the molecule is O=C(O)C1CCN(C(=O)C2(c3ccc(Cl)cc3)CCCCC2)C1. The van der Waals surface area contributed by atoms with Gasteiger partial charge in [0.05, 0.1) is 11.3 Å². The predicted octanol–water partition coefficient (Wildman–Crippen LogP) is 3.48. The fraction of sp³-hybridized carbons (Fsp3) is 0.556. The van der Waals surface area contributed by atoms with Gasteiger partial charge in [0.25, 0.3) is 0 Å². The zero-order valence-corrected chi connectivity index (χ0v) is 13.9. The van der Waals surface area contributed by atoms with Crippen molar-refractivity contribution in [3.63, 3.8) is 0 Å². The molecule has 4 nitrogen and oxygen atoms in total. The molecule has 1 aromatic carbocycles. The van der Waals surface area contributed by atoms with Gasteiger partial charge in [-0.3, -0.25) is 9.59 Å². The molecule has 1 amide bonds. The van der Waals surface area contributed by atoms with E-state index in [0.29, 0.717) is 24.5 Å². The molecule has 0 spiro atoms. The number of amides is 1. The summed E-state index contributed by atoms with van der Waals surface area (Å²) < 4.78 is 0. The van der Waals surface area contributed by atoms with Crippen molar-refractivity contribution in [3.8, 4) is 0 Å². The molecule has 3 rings (SSSR count). The van der Waals surface area contributed by atoms with Crippen LogP contribution in [0.25, 0.3) is 0 Å². The molecule has 1 aromatic rings. The van der Waals surface area contributed by atoms with Crippen LogP contribution in [0.1, 0.15) is 44.1 Å². The summed E-state index contributed by atoms with van der Waals surface area (Å²) >= 11 is 6.00. The van der Waals surface area contributed by atoms with Gasteiger partial charge in [-0.25, -0.2) is 0 Å². The quantitative estimate of drug-likeness (QED) is 0.920. The summed E-state index contributed by atoms with van der Waals surface area (Å²) in [6.07, 6.45) is 5.44. The Kier molecular flexibility index (Phi) is 4.62. The lowest BCUT2D eigenvalue weighted by atomic mass is 9.68. The van der Waals surface area contributed by atoms with Crippen LogP contribution in [0.15, 0.2) is 24.3 Å². The predicted molar refractivity (Wildman–Crippen MR) is 88.5 cm³/mol. The highest BCUT2D eigenvalue weighted by Gasteiger charge is 2.45. The van der Waals surface area contributed by atoms with Gasteiger partial charge >= 0.3 is 5.97 Å². The van der Waals surface area contributed by atoms with E-state index in [-0.39, 0.29) is 5.91 Å². The summed E-state index contributed by atoms with van der Waals surface area (Å²) in [5.41, 5.74) is 0.515. The van der Waals surface area contributed by atoms with Gasteiger partial charge < -0.3 is 10.0 Å². The van der Waals surface area contributed by atoms with Gasteiger partial charge in [-0.15, -0.1) is 0 Å². The molecule has 1 saturated heterocycles. The van der Waals surface area contributed by atoms with Crippen molar-refractivity contribution in [1.29, 1.82) is 0 Å². The second-order valence-electron chi connectivity index (χ2n) is 6.72. The number of likely N-dealkylation sites (tertiary alicyclic amines) is 1. The molecule has 0 aromatic heterocycles. The van der Waals surface area contributed by atoms with Crippen molar-refractivity contribution in [2.75, 3.05) is 13.1 Å². The van der Waals surface area contributed by atoms with Crippen molar-refractivity contribution in [2.24, 2.45) is 5.92 Å². The minimum atomic E-state index is -0.801. The molecule has 1 N–H and O–H groups in total. The van der Waals surface area contributed by atoms with E-state index in [1.165, 1.54) is 0 Å². The summed E-state index contributed by atoms with van der Waals surface area (Å²) in [7, 11) is 0. The average molecular weight is 336 g/mol. The summed E-state index contributed by atoms with van der Waals surface area (Å²) in [4.78, 5) is 26.2. The number of carbonyl (C=O) groups is 2. The minimum absolute atomic E-state index is 0.100. The van der Waals surface area contributed by atoms with Gasteiger partial charge in [-0.2, -0.15) is 0 Å². The second-order valence-corrected chi connectivity index (χ2v) is 7.16. The highest BCUT2D eigenvalue weighted by Crippen LogP contribution is 2.42. The first kappa shape index (κ1) is 16.3. The highest BCUT2D eigenvalue weighted by molar-refractivity contribution is 6.30. The van der Waals surface area contributed by atoms with E-state index < -0.39 is 17.3 Å². The maximum Gasteiger partial charge on any atom is 0.308 e. The van der Waals surface area contributed by atoms with Gasteiger partial charge in [0.2, 0.25) is 5.91 Å². The Morgan fingerprint density at radius 3 is 2.35 bits per heavy atom. The molecule has 1 saturated carbocycles. The number of carboxylic acid groups (broad SMARTS) is 1. The zero-order valence-electron chi connectivity index (χ0n) is 13.1. The lowest BCUT2D eigenvalue weighted by Crippen LogP contribution is -2.47. The first-order valence-electron chi connectivity index (χ1n) is 8.31. The molecule has 1 heterocycles. The first-order valence-corrected chi connectivity index (χ1v) is 8.69. The molecule has 1 aliphatic carbocycles. The van der Waals surface area contributed by atoms with Crippen LogP contribution < -0.4 is 0 Å². The standard InChI is InChI=1S/C18H22ClNO3/c19-15-6-4-14(5-7-15)18(9-2-1-3-10-18)17(23)20-11-8-13(12-20)16(21)22/h4-7,13H,1-3,8-12H2,(H,21,22). The van der Waals surface area contributed by atoms with E-state index in [1.807, 2.05) is 24.3 Å². The Labute approximate surface area is 141 Å². The fourth-order valence-corrected chi connectivity index (χ4v) is 4.13. The normalized spacial score (nSPS) is 23.7. The molecule has 1 atom stereocenters. The fourth-order valence-electron chi connectivity index (χ4n) is 4.00. The van der Waals surface area contributed by atoms with Gasteiger partial charge in [0, 0.05) is 18.1 Å². The molecule has 0 bridgehead atoms. The monoisotopic (exact) mass is 335 g/mol. The minimum Gasteiger partial charge on any atom is -0.481 e. The van der Waals surface area contributed by atoms with Crippen molar-refractivity contribution in [3.05, 3.63) is 34.9 Å². The van der Waals surface area contributed by atoms with Gasteiger partial charge in [-0.1, -0.05) is 43.0 Å². The maximum atomic E-state index is 13.3. The van der Waals surface area contributed by atoms with Gasteiger partial charge in [0.15, 0.2) is 0 Å². The van der Waals surface area contributed by atoms with Crippen molar-refractivity contribution in [2.45, 2.75) is 43.9 Å². The number of benzene rings is 1. The van der Waals surface area contributed by atoms with Crippen LogP contribution in [0.5, 0.6) is 0 Å². The number of halogens is 1. The van der Waals surface area contributed by atoms with E-state index >= 15 is 0 Å². The molecule has 1 aliphatic heterocycles. The molecule has 2 aliphatic rings. The average Bonchev–Trinajstić information content (AvgIpc) is 3.05. The number of nitrogens with zero attached hydrogens (tertiary/aromatic N) is 1. The number of aliphatic carboxylic acids is 1. The van der Waals surface area contributed by atoms with Crippen LogP contribution >= 0.6 is 11.6 Å². The summed E-state index contributed by atoms with van der Waals surface area (Å²) in [5, 5.41) is 9.85. The third kappa shape index (κ3) is 3.09. The Balaban J connectivity index is 1.88. The molecular formula is C18H22ClNO3. The van der Waals surface area contributed by atoms with Gasteiger partial charge in [0.1, 0.15) is 0 Å². The molecule has 0 radical (unpaired) electrons. The molecular weight excluding hydrogens is 314 g/mol. The number of hydrogen-bond donors (Lipinski definition) is 1. The first-order chi connectivity index (χ1) is 11.0. The Hall–Kier alpha value is -1.55. The molecule has 5 heteroatoms. The van der Waals surface area contributed by atoms with E-state index in [1.54, 1.807) is 4.90 Å². The van der Waals surface area contributed by atoms with E-state index in [2.05, 4.69) is 0 Å². The maximum absolute atomic E-state index is 13.3. The highest BCUT2D eigenvalue weighted by atomic mass is 35.5. The van der Waals surface area contributed by atoms with Crippen LogP contribution in [-0.2, 0) is 15.0 Å². The van der Waals surface area contributed by atoms with Crippen LogP contribution in [-0.4, -0.2) is 35.0 Å². The Morgan fingerprint density at radius 2 is 1.78 bits per heavy atom. The van der Waals surface area contributed by atoms with Crippen molar-refractivity contribution < 1.29 is 14.7 Å². The molecule has 124 valence electrons. The summed E-state index contributed by atoms with van der Waals surface area (Å²) in [5.74, 6) is -1.13. The second kappa shape index (κ2) is 6.52. The van der Waals surface area contributed by atoms with Crippen LogP contribution in [0.4, 0.5) is 0 Å². The summed E-state index contributed by atoms with van der Waals surface area (Å²) in [6, 6.07) is 7.59. The molecule has 2 fully saturated rings. The zero-order chi connectivity index (χ0) is 16.4. The van der Waals surface area contributed by atoms with Crippen LogP contribution in [0, 0.1) is 5.92 Å². The number of hydrogen-bond acceptors (Lipinski definition) is 2. The smallest absolute Gasteiger partial charge is 0.308 e. The van der Waals surface area contributed by atoms with Crippen LogP contribution in [0.2, 0.25) is 5.02 Å².